The van der Waals surface area contributed by atoms with Crippen LogP contribution >= 0.6 is 11.8 Å². The molecule has 1 fully saturated rings. The molecule has 0 bridgehead atoms. The molecule has 2 aliphatic rings. The number of thioether (sulfide) groups is 1. The molecule has 3 rings (SSSR count). The van der Waals surface area contributed by atoms with Crippen LogP contribution in [0.3, 0.4) is 0 Å². The van der Waals surface area contributed by atoms with Crippen LogP contribution in [0, 0.1) is 5.92 Å². The van der Waals surface area contributed by atoms with Crippen molar-refractivity contribution in [3.63, 3.8) is 0 Å². The Morgan fingerprint density at radius 2 is 2.12 bits per heavy atom. The van der Waals surface area contributed by atoms with Crippen molar-refractivity contribution in [3.05, 3.63) is 23.3 Å². The van der Waals surface area contributed by atoms with Crippen LogP contribution in [0.25, 0.3) is 0 Å². The molecule has 0 aromatic heterocycles. The number of benzene rings is 1. The maximum atomic E-state index is 13.0. The lowest BCUT2D eigenvalue weighted by molar-refractivity contribution is -0.124. The van der Waals surface area contributed by atoms with Crippen LogP contribution in [-0.2, 0) is 4.79 Å². The second-order valence-electron chi connectivity index (χ2n) is 6.32. The molecule has 2 atom stereocenters. The second kappa shape index (κ2) is 6.55. The summed E-state index contributed by atoms with van der Waals surface area (Å²) in [6.07, 6.45) is 0. The highest BCUT2D eigenvalue weighted by Crippen LogP contribution is 2.52. The predicted octanol–water partition coefficient (Wildman–Crippen LogP) is 2.05. The fourth-order valence-corrected chi connectivity index (χ4v) is 4.57. The largest absolute Gasteiger partial charge is 0.493 e. The van der Waals surface area contributed by atoms with E-state index in [4.69, 9.17) is 9.47 Å². The lowest BCUT2D eigenvalue weighted by Crippen LogP contribution is -2.46. The molecule has 130 valence electrons. The molecular formula is C17H22N2O4S. The van der Waals surface area contributed by atoms with Crippen LogP contribution in [-0.4, -0.2) is 49.3 Å². The Morgan fingerprint density at radius 3 is 2.75 bits per heavy atom. The number of rotatable bonds is 5. The molecule has 0 aliphatic carbocycles. The Labute approximate surface area is 145 Å². The summed E-state index contributed by atoms with van der Waals surface area (Å²) in [5, 5.41) is 2.80. The van der Waals surface area contributed by atoms with Crippen LogP contribution in [0.15, 0.2) is 12.1 Å². The van der Waals surface area contributed by atoms with Gasteiger partial charge < -0.3 is 19.7 Å². The Bertz CT molecular complexity index is 677. The van der Waals surface area contributed by atoms with Gasteiger partial charge in [0.25, 0.3) is 5.91 Å². The van der Waals surface area contributed by atoms with Gasteiger partial charge in [0.15, 0.2) is 11.5 Å². The average molecular weight is 350 g/mol. The first-order valence-corrected chi connectivity index (χ1v) is 9.01. The van der Waals surface area contributed by atoms with Crippen LogP contribution in [0.1, 0.15) is 35.1 Å². The third kappa shape index (κ3) is 2.60. The summed E-state index contributed by atoms with van der Waals surface area (Å²) >= 11 is 1.61. The quantitative estimate of drug-likeness (QED) is 0.880. The van der Waals surface area contributed by atoms with Crippen molar-refractivity contribution < 1.29 is 19.1 Å². The monoisotopic (exact) mass is 350 g/mol. The van der Waals surface area contributed by atoms with E-state index >= 15 is 0 Å². The smallest absolute Gasteiger partial charge is 0.260 e. The normalized spacial score (nSPS) is 21.7. The number of ether oxygens (including phenoxy) is 2. The van der Waals surface area contributed by atoms with Gasteiger partial charge in [-0.3, -0.25) is 9.59 Å². The third-order valence-corrected chi connectivity index (χ3v) is 5.58. The minimum absolute atomic E-state index is 0.0919. The molecule has 1 aromatic carbocycles. The number of nitrogens with zero attached hydrogens (tertiary/aromatic N) is 1. The van der Waals surface area contributed by atoms with Gasteiger partial charge in [0, 0.05) is 17.9 Å². The molecule has 1 aromatic rings. The van der Waals surface area contributed by atoms with Gasteiger partial charge in [-0.05, 0) is 12.0 Å². The standard InChI is InChI=1S/C17H22N2O4S/c1-9(2)7-18-15(20)11-8-24-17-10-5-6-12(22-3)14(23-4)13(10)16(21)19(11)17/h5-6,9,11,17H,7-8H2,1-4H3,(H,18,20)/t11-,17+/m0/s1. The average Bonchev–Trinajstić information content (AvgIpc) is 3.12. The second-order valence-corrected chi connectivity index (χ2v) is 7.43. The SMILES string of the molecule is COc1ccc2c(c1OC)C(=O)N1[C@@H]2SC[C@H]1C(=O)NCC(C)C. The van der Waals surface area contributed by atoms with Crippen LogP contribution in [0.4, 0.5) is 0 Å². The zero-order chi connectivity index (χ0) is 17.4. The Kier molecular flexibility index (Phi) is 4.62. The molecule has 7 heteroatoms. The highest BCUT2D eigenvalue weighted by atomic mass is 32.2. The minimum atomic E-state index is -0.450. The number of hydrogen-bond acceptors (Lipinski definition) is 5. The van der Waals surface area contributed by atoms with Gasteiger partial charge in [-0.15, -0.1) is 11.8 Å². The number of fused-ring (bicyclic) bond motifs is 3. The first kappa shape index (κ1) is 17.0. The summed E-state index contributed by atoms with van der Waals surface area (Å²) in [5.74, 6) is 1.68. The summed E-state index contributed by atoms with van der Waals surface area (Å²) in [4.78, 5) is 27.1. The van der Waals surface area contributed by atoms with Gasteiger partial charge >= 0.3 is 0 Å². The first-order valence-electron chi connectivity index (χ1n) is 7.96. The Morgan fingerprint density at radius 1 is 1.38 bits per heavy atom. The first-order chi connectivity index (χ1) is 11.5. The van der Waals surface area contributed by atoms with E-state index in [-0.39, 0.29) is 17.2 Å². The molecule has 2 aliphatic heterocycles. The van der Waals surface area contributed by atoms with E-state index in [1.165, 1.54) is 7.11 Å². The highest BCUT2D eigenvalue weighted by Gasteiger charge is 2.50. The van der Waals surface area contributed by atoms with Crippen molar-refractivity contribution in [3.8, 4) is 11.5 Å². The molecule has 0 saturated carbocycles. The molecule has 24 heavy (non-hydrogen) atoms. The van der Waals surface area contributed by atoms with Gasteiger partial charge in [-0.1, -0.05) is 19.9 Å². The Hall–Kier alpha value is -1.89. The molecule has 0 unspecified atom stereocenters. The fourth-order valence-electron chi connectivity index (χ4n) is 3.12. The molecule has 0 radical (unpaired) electrons. The summed E-state index contributed by atoms with van der Waals surface area (Å²) in [6, 6.07) is 3.25. The van der Waals surface area contributed by atoms with Gasteiger partial charge in [0.05, 0.1) is 19.8 Å². The molecule has 6 nitrogen and oxygen atoms in total. The van der Waals surface area contributed by atoms with Gasteiger partial charge in [0.2, 0.25) is 5.91 Å². The van der Waals surface area contributed by atoms with Crippen LogP contribution < -0.4 is 14.8 Å². The molecule has 1 saturated heterocycles. The topological polar surface area (TPSA) is 67.9 Å². The highest BCUT2D eigenvalue weighted by molar-refractivity contribution is 7.99. The number of methoxy groups -OCH3 is 2. The summed E-state index contributed by atoms with van der Waals surface area (Å²) in [5.41, 5.74) is 1.40. The summed E-state index contributed by atoms with van der Waals surface area (Å²) in [7, 11) is 3.07. The number of carbonyl (C=O) groups excluding carboxylic acids is 2. The summed E-state index contributed by atoms with van der Waals surface area (Å²) in [6.45, 7) is 4.69. The van der Waals surface area contributed by atoms with E-state index in [0.29, 0.717) is 35.3 Å². The maximum Gasteiger partial charge on any atom is 0.260 e. The number of carbonyl (C=O) groups is 2. The van der Waals surface area contributed by atoms with E-state index < -0.39 is 6.04 Å². The Balaban J connectivity index is 1.91. The van der Waals surface area contributed by atoms with Crippen molar-refractivity contribution in [1.82, 2.24) is 10.2 Å². The van der Waals surface area contributed by atoms with E-state index in [0.717, 1.165) is 5.56 Å². The molecular weight excluding hydrogens is 328 g/mol. The molecule has 0 spiro atoms. The van der Waals surface area contributed by atoms with Crippen LogP contribution in [0.2, 0.25) is 0 Å². The van der Waals surface area contributed by atoms with Gasteiger partial charge in [-0.25, -0.2) is 0 Å². The van der Waals surface area contributed by atoms with Crippen molar-refractivity contribution in [2.45, 2.75) is 25.3 Å². The zero-order valence-corrected chi connectivity index (χ0v) is 15.1. The number of nitrogens with one attached hydrogen (secondary N) is 1. The minimum Gasteiger partial charge on any atom is -0.493 e. The van der Waals surface area contributed by atoms with Crippen molar-refractivity contribution >= 4 is 23.6 Å². The predicted molar refractivity (Wildman–Crippen MR) is 92.6 cm³/mol. The lowest BCUT2D eigenvalue weighted by atomic mass is 10.1. The van der Waals surface area contributed by atoms with Crippen molar-refractivity contribution in [2.24, 2.45) is 5.92 Å². The number of amides is 2. The fraction of sp³-hybridized carbons (Fsp3) is 0.529. The van der Waals surface area contributed by atoms with E-state index in [1.807, 2.05) is 19.9 Å². The van der Waals surface area contributed by atoms with E-state index in [2.05, 4.69) is 5.32 Å². The third-order valence-electron chi connectivity index (χ3n) is 4.28. The van der Waals surface area contributed by atoms with Crippen molar-refractivity contribution in [1.29, 1.82) is 0 Å². The summed E-state index contributed by atoms with van der Waals surface area (Å²) < 4.78 is 10.7. The van der Waals surface area contributed by atoms with Crippen LogP contribution in [0.5, 0.6) is 11.5 Å². The van der Waals surface area contributed by atoms with E-state index in [9.17, 15) is 9.59 Å². The number of hydrogen-bond donors (Lipinski definition) is 1. The lowest BCUT2D eigenvalue weighted by Gasteiger charge is -2.23. The molecule has 1 N–H and O–H groups in total. The zero-order valence-electron chi connectivity index (χ0n) is 14.3. The van der Waals surface area contributed by atoms with Gasteiger partial charge in [-0.2, -0.15) is 0 Å². The van der Waals surface area contributed by atoms with E-state index in [1.54, 1.807) is 29.8 Å². The van der Waals surface area contributed by atoms with Gasteiger partial charge in [0.1, 0.15) is 11.4 Å². The van der Waals surface area contributed by atoms with Crippen molar-refractivity contribution in [2.75, 3.05) is 26.5 Å². The molecule has 2 amide bonds. The maximum absolute atomic E-state index is 13.0. The molecule has 2 heterocycles.